The molecule has 28 heavy (non-hydrogen) atoms. The molecule has 1 aromatic carbocycles. The van der Waals surface area contributed by atoms with Crippen LogP contribution >= 0.6 is 11.6 Å². The zero-order valence-electron chi connectivity index (χ0n) is 17.0. The van der Waals surface area contributed by atoms with Crippen molar-refractivity contribution in [2.45, 2.75) is 51.5 Å². The molecule has 2 fully saturated rings. The fourth-order valence-corrected chi connectivity index (χ4v) is 4.34. The van der Waals surface area contributed by atoms with E-state index in [2.05, 4.69) is 24.1 Å². The Balaban J connectivity index is 1.53. The van der Waals surface area contributed by atoms with Crippen molar-refractivity contribution in [3.63, 3.8) is 0 Å². The van der Waals surface area contributed by atoms with E-state index in [-0.39, 0.29) is 23.3 Å². The van der Waals surface area contributed by atoms with Gasteiger partial charge in [-0.2, -0.15) is 0 Å². The van der Waals surface area contributed by atoms with E-state index in [0.29, 0.717) is 30.2 Å². The smallest absolute Gasteiger partial charge is 0.253 e. The van der Waals surface area contributed by atoms with Gasteiger partial charge in [0.25, 0.3) is 5.91 Å². The molecule has 2 aliphatic rings. The summed E-state index contributed by atoms with van der Waals surface area (Å²) in [5, 5.41) is 3.78. The zero-order valence-corrected chi connectivity index (χ0v) is 17.8. The van der Waals surface area contributed by atoms with Crippen molar-refractivity contribution in [2.24, 2.45) is 5.92 Å². The van der Waals surface area contributed by atoms with Crippen LogP contribution in [0.15, 0.2) is 24.3 Å². The van der Waals surface area contributed by atoms with Crippen LogP contribution < -0.4 is 5.32 Å². The lowest BCUT2D eigenvalue weighted by Gasteiger charge is -2.41. The number of rotatable bonds is 5. The van der Waals surface area contributed by atoms with Gasteiger partial charge < -0.3 is 10.2 Å². The molecule has 0 bridgehead atoms. The van der Waals surface area contributed by atoms with Gasteiger partial charge in [0.15, 0.2) is 0 Å². The van der Waals surface area contributed by atoms with Gasteiger partial charge in [-0.3, -0.25) is 14.5 Å². The van der Waals surface area contributed by atoms with Crippen LogP contribution in [0.4, 0.5) is 0 Å². The molecule has 0 radical (unpaired) electrons. The predicted molar refractivity (Wildman–Crippen MR) is 113 cm³/mol. The summed E-state index contributed by atoms with van der Waals surface area (Å²) >= 11 is 5.91. The van der Waals surface area contributed by atoms with Gasteiger partial charge in [0.1, 0.15) is 0 Å². The summed E-state index contributed by atoms with van der Waals surface area (Å²) in [6.45, 7) is 8.45. The van der Waals surface area contributed by atoms with Crippen molar-refractivity contribution in [3.05, 3.63) is 34.9 Å². The van der Waals surface area contributed by atoms with Gasteiger partial charge >= 0.3 is 0 Å². The number of piperidine rings is 2. The van der Waals surface area contributed by atoms with Crippen LogP contribution in [-0.2, 0) is 4.79 Å². The maximum atomic E-state index is 12.8. The molecule has 6 heteroatoms. The van der Waals surface area contributed by atoms with Gasteiger partial charge in [-0.15, -0.1) is 0 Å². The van der Waals surface area contributed by atoms with Gasteiger partial charge in [0.05, 0.1) is 5.92 Å². The van der Waals surface area contributed by atoms with Crippen LogP contribution in [0.5, 0.6) is 0 Å². The maximum Gasteiger partial charge on any atom is 0.253 e. The Morgan fingerprint density at radius 1 is 1.07 bits per heavy atom. The Hall–Kier alpha value is -1.59. The molecule has 3 rings (SSSR count). The summed E-state index contributed by atoms with van der Waals surface area (Å²) < 4.78 is 0. The van der Waals surface area contributed by atoms with Crippen molar-refractivity contribution in [1.82, 2.24) is 15.1 Å². The third-order valence-electron chi connectivity index (χ3n) is 6.08. The monoisotopic (exact) mass is 405 g/mol. The lowest BCUT2D eigenvalue weighted by Crippen LogP contribution is -2.55. The molecule has 1 atom stereocenters. The number of hydrogen-bond acceptors (Lipinski definition) is 3. The van der Waals surface area contributed by atoms with Gasteiger partial charge in [-0.1, -0.05) is 18.0 Å². The number of nitrogens with zero attached hydrogens (tertiary/aromatic N) is 2. The van der Waals surface area contributed by atoms with Gasteiger partial charge in [0.2, 0.25) is 5.91 Å². The van der Waals surface area contributed by atoms with E-state index >= 15 is 0 Å². The fourth-order valence-electron chi connectivity index (χ4n) is 4.21. The highest BCUT2D eigenvalue weighted by atomic mass is 35.5. The van der Waals surface area contributed by atoms with Crippen LogP contribution in [0.1, 0.15) is 56.3 Å². The molecule has 0 unspecified atom stereocenters. The van der Waals surface area contributed by atoms with Gasteiger partial charge in [-0.05, 0) is 76.9 Å². The molecule has 1 N–H and O–H groups in total. The Morgan fingerprint density at radius 3 is 2.43 bits per heavy atom. The highest BCUT2D eigenvalue weighted by Gasteiger charge is 2.32. The number of hydrogen-bond donors (Lipinski definition) is 1. The van der Waals surface area contributed by atoms with E-state index in [1.54, 1.807) is 29.2 Å². The predicted octanol–water partition coefficient (Wildman–Crippen LogP) is 3.57. The molecule has 0 spiro atoms. The molecule has 2 aliphatic heterocycles. The lowest BCUT2D eigenvalue weighted by molar-refractivity contribution is -0.127. The number of benzene rings is 1. The highest BCUT2D eigenvalue weighted by Crippen LogP contribution is 2.22. The minimum atomic E-state index is -0.137. The summed E-state index contributed by atoms with van der Waals surface area (Å²) in [5.74, 6) is -0.0938. The largest absolute Gasteiger partial charge is 0.354 e. The van der Waals surface area contributed by atoms with Crippen LogP contribution in [0, 0.1) is 5.92 Å². The lowest BCUT2D eigenvalue weighted by atomic mass is 9.95. The second kappa shape index (κ2) is 9.27. The van der Waals surface area contributed by atoms with E-state index in [4.69, 9.17) is 11.6 Å². The molecule has 0 aliphatic carbocycles. The molecule has 2 heterocycles. The van der Waals surface area contributed by atoms with Crippen LogP contribution in [0.25, 0.3) is 0 Å². The summed E-state index contributed by atoms with van der Waals surface area (Å²) in [7, 11) is 0. The first-order chi connectivity index (χ1) is 13.4. The van der Waals surface area contributed by atoms with Crippen LogP contribution in [0.2, 0.25) is 5.02 Å². The number of nitrogens with one attached hydrogen (secondary N) is 1. The molecule has 2 amide bonds. The summed E-state index contributed by atoms with van der Waals surface area (Å²) in [5.41, 5.74) is 0.584. The summed E-state index contributed by atoms with van der Waals surface area (Å²) in [6, 6.07) is 6.95. The molecular weight excluding hydrogens is 374 g/mol. The van der Waals surface area contributed by atoms with Crippen molar-refractivity contribution in [3.8, 4) is 0 Å². The number of halogens is 1. The zero-order chi connectivity index (χ0) is 20.1. The van der Waals surface area contributed by atoms with Crippen molar-refractivity contribution in [1.29, 1.82) is 0 Å². The number of amides is 2. The Bertz CT molecular complexity index is 684. The first-order valence-electron chi connectivity index (χ1n) is 10.4. The van der Waals surface area contributed by atoms with Crippen molar-refractivity contribution >= 4 is 23.4 Å². The normalized spacial score (nSPS) is 21.4. The Labute approximate surface area is 173 Å². The minimum Gasteiger partial charge on any atom is -0.354 e. The first kappa shape index (κ1) is 21.1. The van der Waals surface area contributed by atoms with Gasteiger partial charge in [0, 0.05) is 35.8 Å². The van der Waals surface area contributed by atoms with E-state index in [1.165, 1.54) is 19.3 Å². The molecule has 2 saturated heterocycles. The summed E-state index contributed by atoms with van der Waals surface area (Å²) in [6.07, 6.45) is 5.47. The molecular formula is C22H32ClN3O2. The highest BCUT2D eigenvalue weighted by molar-refractivity contribution is 6.30. The van der Waals surface area contributed by atoms with Crippen molar-refractivity contribution < 1.29 is 9.59 Å². The molecule has 5 nitrogen and oxygen atoms in total. The maximum absolute atomic E-state index is 12.8. The van der Waals surface area contributed by atoms with Crippen molar-refractivity contribution in [2.75, 3.05) is 32.7 Å². The molecule has 1 aromatic rings. The van der Waals surface area contributed by atoms with E-state index in [9.17, 15) is 9.59 Å². The minimum absolute atomic E-state index is 0.0252. The summed E-state index contributed by atoms with van der Waals surface area (Å²) in [4.78, 5) is 29.8. The average Bonchev–Trinajstić information content (AvgIpc) is 2.73. The number of carbonyl (C=O) groups is 2. The third kappa shape index (κ3) is 5.26. The second-order valence-corrected chi connectivity index (χ2v) is 9.11. The SMILES string of the molecule is CC(C)(CNC(=O)[C@H]1CCCN(C(=O)c2ccc(Cl)cc2)C1)N1CCCCC1. The van der Waals surface area contributed by atoms with E-state index < -0.39 is 0 Å². The third-order valence-corrected chi connectivity index (χ3v) is 6.33. The first-order valence-corrected chi connectivity index (χ1v) is 10.8. The second-order valence-electron chi connectivity index (χ2n) is 8.68. The quantitative estimate of drug-likeness (QED) is 0.814. The standard InChI is InChI=1S/C22H32ClN3O2/c1-22(2,26-13-4-3-5-14-26)16-24-20(27)18-7-6-12-25(15-18)21(28)17-8-10-19(23)11-9-17/h8-11,18H,3-7,12-16H2,1-2H3,(H,24,27)/t18-/m0/s1. The fraction of sp³-hybridized carbons (Fsp3) is 0.636. The number of likely N-dealkylation sites (tertiary alicyclic amines) is 2. The van der Waals surface area contributed by atoms with Crippen LogP contribution in [-0.4, -0.2) is 59.9 Å². The molecule has 0 saturated carbocycles. The van der Waals surface area contributed by atoms with Gasteiger partial charge in [-0.25, -0.2) is 0 Å². The Kier molecular flexibility index (Phi) is 7.00. The number of carbonyl (C=O) groups excluding carboxylic acids is 2. The van der Waals surface area contributed by atoms with E-state index in [0.717, 1.165) is 25.9 Å². The van der Waals surface area contributed by atoms with E-state index in [1.807, 2.05) is 0 Å². The average molecular weight is 406 g/mol. The molecule has 154 valence electrons. The topological polar surface area (TPSA) is 52.7 Å². The Morgan fingerprint density at radius 2 is 1.75 bits per heavy atom. The van der Waals surface area contributed by atoms with Crippen LogP contribution in [0.3, 0.4) is 0 Å². The molecule has 0 aromatic heterocycles.